The van der Waals surface area contributed by atoms with Crippen molar-refractivity contribution >= 4 is 28.6 Å². The molecule has 1 rings (SSSR count). The predicted octanol–water partition coefficient (Wildman–Crippen LogP) is 2.09. The molecular formula is C10H15IN2O2. The summed E-state index contributed by atoms with van der Waals surface area (Å²) in [7, 11) is 0. The third kappa shape index (κ3) is 2.93. The standard InChI is InChI=1S/C10H15IN2O2/c1-3-7-10(11)8(4-2)13(12-7)6-5-9(14)15/h3-6H2,1-2H3,(H,14,15). The second-order valence-electron chi connectivity index (χ2n) is 3.28. The number of carbonyl (C=O) groups is 1. The summed E-state index contributed by atoms with van der Waals surface area (Å²) in [6.07, 6.45) is 1.92. The van der Waals surface area contributed by atoms with Gasteiger partial charge in [-0.3, -0.25) is 9.48 Å². The molecule has 0 aliphatic carbocycles. The predicted molar refractivity (Wildman–Crippen MR) is 66.0 cm³/mol. The SMILES string of the molecule is CCc1nn(CCC(=O)O)c(CC)c1I. The van der Waals surface area contributed by atoms with E-state index in [0.29, 0.717) is 6.54 Å². The van der Waals surface area contributed by atoms with Crippen LogP contribution in [0, 0.1) is 3.57 Å². The number of aliphatic carboxylic acids is 1. The second-order valence-corrected chi connectivity index (χ2v) is 4.36. The van der Waals surface area contributed by atoms with Crippen molar-refractivity contribution in [3.05, 3.63) is 15.0 Å². The monoisotopic (exact) mass is 322 g/mol. The van der Waals surface area contributed by atoms with Gasteiger partial charge in [-0.2, -0.15) is 5.10 Å². The van der Waals surface area contributed by atoms with Crippen LogP contribution in [0.15, 0.2) is 0 Å². The van der Waals surface area contributed by atoms with Crippen LogP contribution in [0.25, 0.3) is 0 Å². The molecule has 0 saturated heterocycles. The first-order chi connectivity index (χ1) is 7.10. The molecule has 0 saturated carbocycles. The van der Waals surface area contributed by atoms with E-state index in [0.717, 1.165) is 24.2 Å². The number of carboxylic acid groups (broad SMARTS) is 1. The smallest absolute Gasteiger partial charge is 0.305 e. The van der Waals surface area contributed by atoms with Crippen LogP contribution in [-0.4, -0.2) is 20.9 Å². The first-order valence-electron chi connectivity index (χ1n) is 5.06. The summed E-state index contributed by atoms with van der Waals surface area (Å²) in [5, 5.41) is 13.0. The zero-order valence-electron chi connectivity index (χ0n) is 8.96. The lowest BCUT2D eigenvalue weighted by Crippen LogP contribution is -2.09. The van der Waals surface area contributed by atoms with Gasteiger partial charge in [-0.1, -0.05) is 13.8 Å². The molecule has 1 N–H and O–H groups in total. The highest BCUT2D eigenvalue weighted by Crippen LogP contribution is 2.18. The summed E-state index contributed by atoms with van der Waals surface area (Å²) in [5.74, 6) is -0.777. The largest absolute Gasteiger partial charge is 0.481 e. The molecule has 0 atom stereocenters. The van der Waals surface area contributed by atoms with Gasteiger partial charge in [-0.05, 0) is 35.4 Å². The summed E-state index contributed by atoms with van der Waals surface area (Å²) < 4.78 is 3.01. The fourth-order valence-corrected chi connectivity index (χ4v) is 2.63. The summed E-state index contributed by atoms with van der Waals surface area (Å²) in [4.78, 5) is 10.5. The van der Waals surface area contributed by atoms with E-state index in [-0.39, 0.29) is 6.42 Å². The van der Waals surface area contributed by atoms with Crippen LogP contribution in [0.3, 0.4) is 0 Å². The third-order valence-corrected chi connectivity index (χ3v) is 3.51. The number of halogens is 1. The van der Waals surface area contributed by atoms with Crippen molar-refractivity contribution in [1.82, 2.24) is 9.78 Å². The van der Waals surface area contributed by atoms with E-state index >= 15 is 0 Å². The molecule has 0 unspecified atom stereocenters. The Morgan fingerprint density at radius 1 is 1.47 bits per heavy atom. The van der Waals surface area contributed by atoms with Crippen molar-refractivity contribution in [2.75, 3.05) is 0 Å². The summed E-state index contributed by atoms with van der Waals surface area (Å²) in [5.41, 5.74) is 2.21. The molecule has 0 aromatic carbocycles. The Bertz CT molecular complexity index is 361. The van der Waals surface area contributed by atoms with Crippen molar-refractivity contribution in [3.63, 3.8) is 0 Å². The van der Waals surface area contributed by atoms with E-state index in [2.05, 4.69) is 41.5 Å². The van der Waals surface area contributed by atoms with E-state index < -0.39 is 5.97 Å². The molecule has 0 aliphatic heterocycles. The molecule has 0 amide bonds. The van der Waals surface area contributed by atoms with Gasteiger partial charge in [0.05, 0.1) is 27.9 Å². The summed E-state index contributed by atoms with van der Waals surface area (Å²) >= 11 is 2.29. The number of aryl methyl sites for hydroxylation is 2. The van der Waals surface area contributed by atoms with Crippen molar-refractivity contribution in [1.29, 1.82) is 0 Å². The topological polar surface area (TPSA) is 55.1 Å². The molecule has 84 valence electrons. The Balaban J connectivity index is 2.90. The lowest BCUT2D eigenvalue weighted by Gasteiger charge is -2.03. The zero-order chi connectivity index (χ0) is 11.4. The van der Waals surface area contributed by atoms with E-state index in [1.165, 1.54) is 3.57 Å². The molecule has 4 nitrogen and oxygen atoms in total. The number of rotatable bonds is 5. The fraction of sp³-hybridized carbons (Fsp3) is 0.600. The van der Waals surface area contributed by atoms with Crippen LogP contribution >= 0.6 is 22.6 Å². The maximum Gasteiger partial charge on any atom is 0.305 e. The Morgan fingerprint density at radius 3 is 2.60 bits per heavy atom. The van der Waals surface area contributed by atoms with Gasteiger partial charge in [-0.25, -0.2) is 0 Å². The molecule has 0 fully saturated rings. The lowest BCUT2D eigenvalue weighted by molar-refractivity contribution is -0.137. The van der Waals surface area contributed by atoms with Gasteiger partial charge in [0.1, 0.15) is 0 Å². The highest BCUT2D eigenvalue weighted by Gasteiger charge is 2.13. The van der Waals surface area contributed by atoms with E-state index in [9.17, 15) is 4.79 Å². The Hall–Kier alpha value is -0.590. The zero-order valence-corrected chi connectivity index (χ0v) is 11.1. The van der Waals surface area contributed by atoms with Gasteiger partial charge in [0.2, 0.25) is 0 Å². The highest BCUT2D eigenvalue weighted by atomic mass is 127. The molecule has 5 heteroatoms. The van der Waals surface area contributed by atoms with Gasteiger partial charge in [0, 0.05) is 0 Å². The molecule has 1 aromatic heterocycles. The number of aromatic nitrogens is 2. The van der Waals surface area contributed by atoms with Crippen molar-refractivity contribution < 1.29 is 9.90 Å². The van der Waals surface area contributed by atoms with Crippen molar-refractivity contribution in [2.45, 2.75) is 39.7 Å². The average Bonchev–Trinajstić information content (AvgIpc) is 2.51. The van der Waals surface area contributed by atoms with Gasteiger partial charge in [0.15, 0.2) is 0 Å². The minimum atomic E-state index is -0.777. The van der Waals surface area contributed by atoms with Crippen molar-refractivity contribution in [3.8, 4) is 0 Å². The Morgan fingerprint density at radius 2 is 2.13 bits per heavy atom. The van der Waals surface area contributed by atoms with Gasteiger partial charge in [-0.15, -0.1) is 0 Å². The Kier molecular flexibility index (Phi) is 4.56. The number of hydrogen-bond acceptors (Lipinski definition) is 2. The maximum absolute atomic E-state index is 10.5. The maximum atomic E-state index is 10.5. The van der Waals surface area contributed by atoms with Gasteiger partial charge >= 0.3 is 5.97 Å². The molecular weight excluding hydrogens is 307 g/mol. The van der Waals surface area contributed by atoms with Crippen LogP contribution in [0.2, 0.25) is 0 Å². The summed E-state index contributed by atoms with van der Waals surface area (Å²) in [6.45, 7) is 4.59. The van der Waals surface area contributed by atoms with Crippen LogP contribution in [-0.2, 0) is 24.2 Å². The van der Waals surface area contributed by atoms with Crippen LogP contribution in [0.4, 0.5) is 0 Å². The normalized spacial score (nSPS) is 10.6. The molecule has 0 spiro atoms. The summed E-state index contributed by atoms with van der Waals surface area (Å²) in [6, 6.07) is 0. The first kappa shape index (κ1) is 12.5. The number of nitrogens with zero attached hydrogens (tertiary/aromatic N) is 2. The molecule has 0 bridgehead atoms. The van der Waals surface area contributed by atoms with Crippen molar-refractivity contribution in [2.24, 2.45) is 0 Å². The number of carboxylic acids is 1. The fourth-order valence-electron chi connectivity index (χ4n) is 1.48. The van der Waals surface area contributed by atoms with E-state index in [4.69, 9.17) is 5.11 Å². The average molecular weight is 322 g/mol. The van der Waals surface area contributed by atoms with Crippen LogP contribution in [0.1, 0.15) is 31.7 Å². The first-order valence-corrected chi connectivity index (χ1v) is 6.13. The van der Waals surface area contributed by atoms with E-state index in [1.807, 2.05) is 4.68 Å². The molecule has 0 aliphatic rings. The number of hydrogen-bond donors (Lipinski definition) is 1. The van der Waals surface area contributed by atoms with Gasteiger partial charge in [0.25, 0.3) is 0 Å². The molecule has 15 heavy (non-hydrogen) atoms. The lowest BCUT2D eigenvalue weighted by atomic mass is 10.2. The van der Waals surface area contributed by atoms with Gasteiger partial charge < -0.3 is 5.11 Å². The Labute approximate surface area is 103 Å². The highest BCUT2D eigenvalue weighted by molar-refractivity contribution is 14.1. The molecule has 1 aromatic rings. The minimum Gasteiger partial charge on any atom is -0.481 e. The van der Waals surface area contributed by atoms with Crippen LogP contribution < -0.4 is 0 Å². The molecule has 0 radical (unpaired) electrons. The third-order valence-electron chi connectivity index (χ3n) is 2.27. The van der Waals surface area contributed by atoms with E-state index in [1.54, 1.807) is 0 Å². The quantitative estimate of drug-likeness (QED) is 0.845. The minimum absolute atomic E-state index is 0.133. The second kappa shape index (κ2) is 5.48. The van der Waals surface area contributed by atoms with Crippen LogP contribution in [0.5, 0.6) is 0 Å². The molecule has 1 heterocycles.